The van der Waals surface area contributed by atoms with E-state index in [1.807, 2.05) is 32.2 Å². The smallest absolute Gasteiger partial charge is 0.303 e. The molecule has 2 rings (SSSR count). The van der Waals surface area contributed by atoms with Gasteiger partial charge in [0.1, 0.15) is 0 Å². The number of carbonyl (C=O) groups is 2. The van der Waals surface area contributed by atoms with Crippen molar-refractivity contribution < 1.29 is 14.7 Å². The molecule has 3 N–H and O–H groups in total. The van der Waals surface area contributed by atoms with Gasteiger partial charge in [0.2, 0.25) is 5.91 Å². The molecule has 5 nitrogen and oxygen atoms in total. The normalized spacial score (nSPS) is 16.6. The first-order valence-corrected chi connectivity index (χ1v) is 6.33. The average molecular weight is 262 g/mol. The summed E-state index contributed by atoms with van der Waals surface area (Å²) in [5, 5.41) is 14.8. The molecule has 0 saturated carbocycles. The summed E-state index contributed by atoms with van der Waals surface area (Å²) in [6.07, 6.45) is 0.507. The van der Waals surface area contributed by atoms with Gasteiger partial charge in [-0.3, -0.25) is 9.59 Å². The van der Waals surface area contributed by atoms with E-state index in [4.69, 9.17) is 5.11 Å². The second kappa shape index (κ2) is 5.40. The van der Waals surface area contributed by atoms with Crippen molar-refractivity contribution in [3.63, 3.8) is 0 Å². The van der Waals surface area contributed by atoms with Gasteiger partial charge in [0.25, 0.3) is 0 Å². The topological polar surface area (TPSA) is 78.4 Å². The van der Waals surface area contributed by atoms with E-state index in [1.54, 1.807) is 0 Å². The molecule has 0 aromatic heterocycles. The van der Waals surface area contributed by atoms with Crippen molar-refractivity contribution in [3.05, 3.63) is 29.3 Å². The molecule has 0 fully saturated rings. The number of benzene rings is 1. The number of rotatable bonds is 5. The summed E-state index contributed by atoms with van der Waals surface area (Å²) in [6.45, 7) is 1.91. The highest BCUT2D eigenvalue weighted by Gasteiger charge is 2.23. The van der Waals surface area contributed by atoms with E-state index in [1.165, 1.54) is 0 Å². The number of carboxylic acids is 1. The minimum Gasteiger partial charge on any atom is -0.481 e. The van der Waals surface area contributed by atoms with Gasteiger partial charge in [-0.1, -0.05) is 19.1 Å². The van der Waals surface area contributed by atoms with Crippen LogP contribution < -0.4 is 10.6 Å². The van der Waals surface area contributed by atoms with Crippen LogP contribution in [-0.2, 0) is 16.0 Å². The Hall–Kier alpha value is -1.88. The first kappa shape index (κ1) is 13.5. The van der Waals surface area contributed by atoms with E-state index in [0.29, 0.717) is 6.42 Å². The summed E-state index contributed by atoms with van der Waals surface area (Å²) in [6, 6.07) is 5.77. The third-order valence-corrected chi connectivity index (χ3v) is 3.49. The molecule has 1 aliphatic rings. The van der Waals surface area contributed by atoms with Gasteiger partial charge in [-0.2, -0.15) is 0 Å². The quantitative estimate of drug-likeness (QED) is 0.752. The van der Waals surface area contributed by atoms with Gasteiger partial charge in [-0.05, 0) is 30.2 Å². The van der Waals surface area contributed by atoms with Crippen molar-refractivity contribution in [2.24, 2.45) is 5.92 Å². The minimum absolute atomic E-state index is 0.00624. The van der Waals surface area contributed by atoms with E-state index in [-0.39, 0.29) is 24.3 Å². The zero-order valence-electron chi connectivity index (χ0n) is 11.1. The molecule has 0 saturated heterocycles. The van der Waals surface area contributed by atoms with Crippen LogP contribution in [0.4, 0.5) is 5.69 Å². The lowest BCUT2D eigenvalue weighted by molar-refractivity contribution is -0.138. The Balaban J connectivity index is 2.22. The number of anilines is 1. The molecule has 1 heterocycles. The van der Waals surface area contributed by atoms with E-state index >= 15 is 0 Å². The number of hydrogen-bond acceptors (Lipinski definition) is 3. The number of nitrogens with one attached hydrogen (secondary N) is 2. The molecule has 2 atom stereocenters. The van der Waals surface area contributed by atoms with Crippen molar-refractivity contribution >= 4 is 17.6 Å². The third kappa shape index (κ3) is 2.93. The number of carboxylic acid groups (broad SMARTS) is 1. The summed E-state index contributed by atoms with van der Waals surface area (Å²) in [5.41, 5.74) is 2.85. The zero-order chi connectivity index (χ0) is 14.0. The molecule has 102 valence electrons. The molecular weight excluding hydrogens is 244 g/mol. The van der Waals surface area contributed by atoms with Gasteiger partial charge in [0.15, 0.2) is 0 Å². The fraction of sp³-hybridized carbons (Fsp3) is 0.429. The number of carbonyl (C=O) groups excluding carboxylic acids is 1. The highest BCUT2D eigenvalue weighted by atomic mass is 16.4. The van der Waals surface area contributed by atoms with Crippen molar-refractivity contribution in [1.82, 2.24) is 5.32 Å². The molecule has 5 heteroatoms. The monoisotopic (exact) mass is 262 g/mol. The molecule has 2 unspecified atom stereocenters. The Labute approximate surface area is 112 Å². The van der Waals surface area contributed by atoms with Crippen LogP contribution >= 0.6 is 0 Å². The fourth-order valence-electron chi connectivity index (χ4n) is 2.62. The van der Waals surface area contributed by atoms with Crippen molar-refractivity contribution in [3.8, 4) is 0 Å². The molecule has 0 radical (unpaired) electrons. The fourth-order valence-corrected chi connectivity index (χ4v) is 2.62. The van der Waals surface area contributed by atoms with E-state index in [9.17, 15) is 9.59 Å². The molecule has 0 spiro atoms. The SMILES string of the molecule is CNC(c1ccc2c(c1)CC(=O)N2)C(C)CC(=O)O. The number of amides is 1. The second-order valence-electron chi connectivity index (χ2n) is 4.98. The minimum atomic E-state index is -0.800. The van der Waals surface area contributed by atoms with Crippen molar-refractivity contribution in [2.75, 3.05) is 12.4 Å². The van der Waals surface area contributed by atoms with Crippen LogP contribution in [-0.4, -0.2) is 24.0 Å². The van der Waals surface area contributed by atoms with Crippen LogP contribution in [0.1, 0.15) is 30.5 Å². The lowest BCUT2D eigenvalue weighted by Gasteiger charge is -2.23. The first-order valence-electron chi connectivity index (χ1n) is 6.33. The Kier molecular flexibility index (Phi) is 3.85. The van der Waals surface area contributed by atoms with Crippen molar-refractivity contribution in [2.45, 2.75) is 25.8 Å². The standard InChI is InChI=1S/C14H18N2O3/c1-8(5-13(18)19)14(15-2)9-3-4-11-10(6-9)7-12(17)16-11/h3-4,6,8,14-15H,5,7H2,1-2H3,(H,16,17)(H,18,19). The van der Waals surface area contributed by atoms with Crippen LogP contribution in [0.5, 0.6) is 0 Å². The van der Waals surface area contributed by atoms with E-state index in [2.05, 4.69) is 10.6 Å². The molecule has 1 amide bonds. The number of aliphatic carboxylic acids is 1. The van der Waals surface area contributed by atoms with Gasteiger partial charge >= 0.3 is 5.97 Å². The zero-order valence-corrected chi connectivity index (χ0v) is 11.1. The summed E-state index contributed by atoms with van der Waals surface area (Å²) in [4.78, 5) is 22.1. The first-order chi connectivity index (χ1) is 9.01. The Morgan fingerprint density at radius 2 is 2.26 bits per heavy atom. The molecule has 0 aliphatic carbocycles. The maximum atomic E-state index is 11.3. The Bertz CT molecular complexity index is 513. The molecule has 0 bridgehead atoms. The largest absolute Gasteiger partial charge is 0.481 e. The number of fused-ring (bicyclic) bond motifs is 1. The maximum Gasteiger partial charge on any atom is 0.303 e. The maximum absolute atomic E-state index is 11.3. The van der Waals surface area contributed by atoms with Gasteiger partial charge in [0, 0.05) is 18.2 Å². The van der Waals surface area contributed by atoms with Gasteiger partial charge < -0.3 is 15.7 Å². The average Bonchev–Trinajstić information content (AvgIpc) is 2.68. The highest BCUT2D eigenvalue weighted by molar-refractivity contribution is 5.99. The predicted molar refractivity (Wildman–Crippen MR) is 72.0 cm³/mol. The molecule has 19 heavy (non-hydrogen) atoms. The molecule has 1 aromatic carbocycles. The lowest BCUT2D eigenvalue weighted by Crippen LogP contribution is -2.25. The third-order valence-electron chi connectivity index (χ3n) is 3.49. The Morgan fingerprint density at radius 3 is 2.89 bits per heavy atom. The van der Waals surface area contributed by atoms with Crippen LogP contribution in [0, 0.1) is 5.92 Å². The lowest BCUT2D eigenvalue weighted by atomic mass is 9.91. The van der Waals surface area contributed by atoms with Crippen LogP contribution in [0.2, 0.25) is 0 Å². The van der Waals surface area contributed by atoms with E-state index in [0.717, 1.165) is 16.8 Å². The summed E-state index contributed by atoms with van der Waals surface area (Å²) < 4.78 is 0. The highest BCUT2D eigenvalue weighted by Crippen LogP contribution is 2.30. The van der Waals surface area contributed by atoms with E-state index < -0.39 is 5.97 Å². The van der Waals surface area contributed by atoms with Gasteiger partial charge in [-0.25, -0.2) is 0 Å². The predicted octanol–water partition coefficient (Wildman–Crippen LogP) is 1.55. The summed E-state index contributed by atoms with van der Waals surface area (Å²) >= 11 is 0. The summed E-state index contributed by atoms with van der Waals surface area (Å²) in [7, 11) is 1.82. The second-order valence-corrected chi connectivity index (χ2v) is 4.98. The summed E-state index contributed by atoms with van der Waals surface area (Å²) in [5.74, 6) is -0.817. The molecular formula is C14H18N2O3. The van der Waals surface area contributed by atoms with Crippen molar-refractivity contribution in [1.29, 1.82) is 0 Å². The molecule has 1 aliphatic heterocycles. The number of hydrogen-bond donors (Lipinski definition) is 3. The van der Waals surface area contributed by atoms with Gasteiger partial charge in [-0.15, -0.1) is 0 Å². The van der Waals surface area contributed by atoms with Crippen LogP contribution in [0.15, 0.2) is 18.2 Å². The van der Waals surface area contributed by atoms with Gasteiger partial charge in [0.05, 0.1) is 6.42 Å². The van der Waals surface area contributed by atoms with Crippen LogP contribution in [0.3, 0.4) is 0 Å². The molecule has 1 aromatic rings. The Morgan fingerprint density at radius 1 is 1.53 bits per heavy atom. The van der Waals surface area contributed by atoms with Crippen LogP contribution in [0.25, 0.3) is 0 Å².